The Morgan fingerprint density at radius 2 is 1.70 bits per heavy atom. The normalized spacial score (nSPS) is 18.9. The van der Waals surface area contributed by atoms with Gasteiger partial charge in [0, 0.05) is 68.6 Å². The van der Waals surface area contributed by atoms with Crippen molar-refractivity contribution < 1.29 is 23.9 Å². The maximum absolute atomic E-state index is 13.5. The Bertz CT molecular complexity index is 2300. The number of benzene rings is 2. The van der Waals surface area contributed by atoms with E-state index < -0.39 is 0 Å². The number of aromatic nitrogens is 5. The second-order valence-corrected chi connectivity index (χ2v) is 15.8. The predicted octanol–water partition coefficient (Wildman–Crippen LogP) is 5.66. The van der Waals surface area contributed by atoms with Crippen molar-refractivity contribution in [2.75, 3.05) is 31.1 Å². The molecule has 5 aromatic rings. The molecule has 3 saturated heterocycles. The molecule has 14 nitrogen and oxygen atoms in total. The number of nitrogens with zero attached hydrogens (tertiary/aromatic N) is 6. The summed E-state index contributed by atoms with van der Waals surface area (Å²) in [6.45, 7) is 6.60. The maximum atomic E-state index is 13.5. The zero-order valence-electron chi connectivity index (χ0n) is 31.6. The van der Waals surface area contributed by atoms with Gasteiger partial charge >= 0.3 is 0 Å². The summed E-state index contributed by atoms with van der Waals surface area (Å²) in [5, 5.41) is 10.5. The fourth-order valence-electron chi connectivity index (χ4n) is 7.99. The van der Waals surface area contributed by atoms with E-state index in [1.165, 1.54) is 6.20 Å². The number of H-pyrrole nitrogens is 1. The van der Waals surface area contributed by atoms with Gasteiger partial charge in [-0.2, -0.15) is 5.10 Å². The largest absolute Gasteiger partial charge is 0.453 e. The molecule has 3 fully saturated rings. The molecule has 3 N–H and O–H groups in total. The molecule has 0 aliphatic carbocycles. The molecular weight excluding hydrogens is 734 g/mol. The number of fused-ring (bicyclic) bond motifs is 1. The third-order valence-corrected chi connectivity index (χ3v) is 11.6. The van der Waals surface area contributed by atoms with Gasteiger partial charge in [-0.3, -0.25) is 29.2 Å². The van der Waals surface area contributed by atoms with E-state index >= 15 is 0 Å². The molecule has 6 heterocycles. The minimum absolute atomic E-state index is 0.0481. The first kappa shape index (κ1) is 37.2. The van der Waals surface area contributed by atoms with Crippen LogP contribution in [-0.4, -0.2) is 85.0 Å². The monoisotopic (exact) mass is 777 g/mol. The predicted molar refractivity (Wildman–Crippen MR) is 211 cm³/mol. The summed E-state index contributed by atoms with van der Waals surface area (Å²) in [7, 11) is 1.85. The molecule has 2 aromatic carbocycles. The number of hydrogen-bond acceptors (Lipinski definition) is 9. The quantitative estimate of drug-likeness (QED) is 0.169. The molecule has 4 amide bonds. The van der Waals surface area contributed by atoms with Crippen molar-refractivity contribution in [3.63, 3.8) is 0 Å². The summed E-state index contributed by atoms with van der Waals surface area (Å²) >= 11 is 6.52. The standard InChI is InChI=1S/C41H44ClN9O5/c1-24-31(23-49(3)48-24)36-45-34-35(32(42)22-43-37(34)46-36)56-29-10-6-27(7-11-29)40(55)51-18-14-26(15-19-51)38(53)47-41(2)16-20-50(21-17-41)28-8-4-25(5-9-28)30-12-13-33(52)44-39(30)54/h4-11,22-23,26,30H,12-21H2,1-3H3,(H,47,53)(H,43,45,46)(H,44,52,54)/t30-/m0/s1. The fraction of sp³-hybridized carbons (Fsp3) is 0.390. The lowest BCUT2D eigenvalue weighted by Gasteiger charge is -2.42. The zero-order chi connectivity index (χ0) is 39.1. The number of imidazole rings is 1. The van der Waals surface area contributed by atoms with Gasteiger partial charge in [0.1, 0.15) is 22.1 Å². The van der Waals surface area contributed by atoms with Gasteiger partial charge in [0.25, 0.3) is 5.91 Å². The van der Waals surface area contributed by atoms with Crippen LogP contribution in [-0.2, 0) is 21.4 Å². The summed E-state index contributed by atoms with van der Waals surface area (Å²) in [6, 6.07) is 15.0. The highest BCUT2D eigenvalue weighted by molar-refractivity contribution is 6.32. The number of anilines is 1. The molecule has 8 rings (SSSR count). The van der Waals surface area contributed by atoms with E-state index in [1.807, 2.05) is 44.4 Å². The Kier molecular flexibility index (Phi) is 10.00. The number of carbonyl (C=O) groups excluding carboxylic acids is 4. The highest BCUT2D eigenvalue weighted by Crippen LogP contribution is 2.37. The molecule has 0 bridgehead atoms. The van der Waals surface area contributed by atoms with Crippen molar-refractivity contribution in [3.8, 4) is 22.9 Å². The minimum Gasteiger partial charge on any atom is -0.453 e. The van der Waals surface area contributed by atoms with Crippen LogP contribution in [0.3, 0.4) is 0 Å². The van der Waals surface area contributed by atoms with E-state index in [-0.39, 0.29) is 41.0 Å². The van der Waals surface area contributed by atoms with Crippen LogP contribution in [0.2, 0.25) is 5.02 Å². The summed E-state index contributed by atoms with van der Waals surface area (Å²) in [5.74, 6) is 0.552. The first-order chi connectivity index (χ1) is 26.9. The molecule has 3 aromatic heterocycles. The van der Waals surface area contributed by atoms with Crippen LogP contribution in [0.1, 0.15) is 73.0 Å². The number of rotatable bonds is 8. The van der Waals surface area contributed by atoms with E-state index in [0.29, 0.717) is 77.8 Å². The van der Waals surface area contributed by atoms with Crippen molar-refractivity contribution in [2.24, 2.45) is 13.0 Å². The van der Waals surface area contributed by atoms with E-state index in [4.69, 9.17) is 16.3 Å². The van der Waals surface area contributed by atoms with Gasteiger partial charge in [-0.15, -0.1) is 0 Å². The Balaban J connectivity index is 0.820. The lowest BCUT2D eigenvalue weighted by Crippen LogP contribution is -2.55. The van der Waals surface area contributed by atoms with Crippen molar-refractivity contribution in [1.82, 2.24) is 40.3 Å². The molecule has 15 heteroatoms. The minimum atomic E-state index is -0.318. The maximum Gasteiger partial charge on any atom is 0.253 e. The summed E-state index contributed by atoms with van der Waals surface area (Å²) in [5.41, 5.74) is 4.89. The lowest BCUT2D eigenvalue weighted by molar-refractivity contribution is -0.134. The van der Waals surface area contributed by atoms with Crippen LogP contribution in [0.15, 0.2) is 60.9 Å². The van der Waals surface area contributed by atoms with Crippen LogP contribution < -0.4 is 20.3 Å². The van der Waals surface area contributed by atoms with Crippen LogP contribution >= 0.6 is 11.6 Å². The second-order valence-electron chi connectivity index (χ2n) is 15.3. The average Bonchev–Trinajstić information content (AvgIpc) is 3.78. The summed E-state index contributed by atoms with van der Waals surface area (Å²) in [4.78, 5) is 67.1. The van der Waals surface area contributed by atoms with E-state index in [2.05, 4.69) is 42.5 Å². The number of aryl methyl sites for hydroxylation is 2. The number of hydrogen-bond donors (Lipinski definition) is 3. The topological polar surface area (TPSA) is 167 Å². The van der Waals surface area contributed by atoms with Crippen molar-refractivity contribution in [3.05, 3.63) is 82.8 Å². The Morgan fingerprint density at radius 1 is 0.982 bits per heavy atom. The summed E-state index contributed by atoms with van der Waals surface area (Å²) in [6.07, 6.45) is 7.07. The van der Waals surface area contributed by atoms with Gasteiger partial charge in [0.2, 0.25) is 17.7 Å². The van der Waals surface area contributed by atoms with Crippen molar-refractivity contribution in [1.29, 1.82) is 0 Å². The number of imide groups is 1. The molecule has 1 atom stereocenters. The lowest BCUT2D eigenvalue weighted by atomic mass is 9.87. The first-order valence-corrected chi connectivity index (χ1v) is 19.4. The van der Waals surface area contributed by atoms with Crippen LogP contribution in [0.25, 0.3) is 22.6 Å². The van der Waals surface area contributed by atoms with E-state index in [0.717, 1.165) is 48.4 Å². The molecule has 0 radical (unpaired) electrons. The van der Waals surface area contributed by atoms with Crippen LogP contribution in [0, 0.1) is 12.8 Å². The second kappa shape index (κ2) is 15.1. The Labute approximate surface area is 329 Å². The number of halogens is 1. The van der Waals surface area contributed by atoms with Crippen LogP contribution in [0.4, 0.5) is 5.69 Å². The van der Waals surface area contributed by atoms with Crippen molar-refractivity contribution >= 4 is 52.1 Å². The molecule has 56 heavy (non-hydrogen) atoms. The average molecular weight is 778 g/mol. The van der Waals surface area contributed by atoms with E-state index in [1.54, 1.807) is 33.8 Å². The third kappa shape index (κ3) is 7.57. The summed E-state index contributed by atoms with van der Waals surface area (Å²) < 4.78 is 7.92. The number of ether oxygens (including phenoxy) is 1. The van der Waals surface area contributed by atoms with Gasteiger partial charge in [0.05, 0.1) is 23.4 Å². The molecule has 0 saturated carbocycles. The third-order valence-electron chi connectivity index (χ3n) is 11.4. The zero-order valence-corrected chi connectivity index (χ0v) is 32.4. The number of piperidine rings is 3. The number of carbonyl (C=O) groups is 4. The molecule has 0 spiro atoms. The number of amides is 4. The highest BCUT2D eigenvalue weighted by Gasteiger charge is 2.36. The SMILES string of the molecule is Cc1nn(C)cc1-c1nc2ncc(Cl)c(Oc3ccc(C(=O)N4CCC(C(=O)NC5(C)CCN(c6ccc([C@@H]7CCC(=O)NC7=O)cc6)CC5)CC4)cc3)c2[nH]1. The molecular formula is C41H44ClN9O5. The number of nitrogens with one attached hydrogen (secondary N) is 3. The molecule has 290 valence electrons. The molecule has 3 aliphatic heterocycles. The number of likely N-dealkylation sites (tertiary alicyclic amines) is 1. The molecule has 3 aliphatic rings. The van der Waals surface area contributed by atoms with Gasteiger partial charge in [-0.1, -0.05) is 23.7 Å². The Hall–Kier alpha value is -5.76. The van der Waals surface area contributed by atoms with E-state index in [9.17, 15) is 19.2 Å². The van der Waals surface area contributed by atoms with Crippen molar-refractivity contribution in [2.45, 2.75) is 63.8 Å². The van der Waals surface area contributed by atoms with Gasteiger partial charge < -0.3 is 24.8 Å². The number of pyridine rings is 1. The number of aromatic amines is 1. The fourth-order valence-corrected chi connectivity index (χ4v) is 8.18. The Morgan fingerprint density at radius 3 is 2.36 bits per heavy atom. The van der Waals surface area contributed by atoms with Gasteiger partial charge in [-0.05, 0) is 87.9 Å². The highest BCUT2D eigenvalue weighted by atomic mass is 35.5. The van der Waals surface area contributed by atoms with Gasteiger partial charge in [0.15, 0.2) is 11.4 Å². The smallest absolute Gasteiger partial charge is 0.253 e. The van der Waals surface area contributed by atoms with Gasteiger partial charge in [-0.25, -0.2) is 9.97 Å². The van der Waals surface area contributed by atoms with Crippen LogP contribution in [0.5, 0.6) is 11.5 Å². The molecule has 0 unspecified atom stereocenters. The first-order valence-electron chi connectivity index (χ1n) is 19.1.